The van der Waals surface area contributed by atoms with E-state index in [1.165, 1.54) is 6.07 Å². The Balaban J connectivity index is 3.22. The van der Waals surface area contributed by atoms with Crippen molar-refractivity contribution < 1.29 is 9.13 Å². The van der Waals surface area contributed by atoms with Crippen LogP contribution in [0.4, 0.5) is 4.39 Å². The molecule has 0 saturated carbocycles. The minimum absolute atomic E-state index is 0.153. The van der Waals surface area contributed by atoms with Crippen LogP contribution < -0.4 is 10.5 Å². The summed E-state index contributed by atoms with van der Waals surface area (Å²) in [5.41, 5.74) is 7.35. The Kier molecular flexibility index (Phi) is 4.15. The maximum atomic E-state index is 13.8. The highest BCUT2D eigenvalue weighted by atomic mass is 19.1. The van der Waals surface area contributed by atoms with Crippen molar-refractivity contribution in [2.45, 2.75) is 45.6 Å². The number of halogens is 1. The van der Waals surface area contributed by atoms with Gasteiger partial charge >= 0.3 is 0 Å². The van der Waals surface area contributed by atoms with E-state index in [0.717, 1.165) is 5.56 Å². The second-order valence-electron chi connectivity index (χ2n) is 5.51. The SMILES string of the molecule is COc1cc(F)c(C(C)C)cc1CC(C)(C)N. The van der Waals surface area contributed by atoms with E-state index in [2.05, 4.69) is 0 Å². The van der Waals surface area contributed by atoms with Crippen LogP contribution in [0.2, 0.25) is 0 Å². The van der Waals surface area contributed by atoms with Crippen molar-refractivity contribution in [3.05, 3.63) is 29.1 Å². The van der Waals surface area contributed by atoms with Gasteiger partial charge in [0.05, 0.1) is 7.11 Å². The molecule has 0 amide bonds. The van der Waals surface area contributed by atoms with Gasteiger partial charge in [0, 0.05) is 11.6 Å². The average molecular weight is 239 g/mol. The van der Waals surface area contributed by atoms with Crippen LogP contribution in [0, 0.1) is 5.82 Å². The van der Waals surface area contributed by atoms with Gasteiger partial charge in [-0.25, -0.2) is 4.39 Å². The van der Waals surface area contributed by atoms with E-state index in [1.807, 2.05) is 33.8 Å². The summed E-state index contributed by atoms with van der Waals surface area (Å²) >= 11 is 0. The van der Waals surface area contributed by atoms with Gasteiger partial charge in [-0.1, -0.05) is 13.8 Å². The van der Waals surface area contributed by atoms with Crippen molar-refractivity contribution in [1.29, 1.82) is 0 Å². The summed E-state index contributed by atoms with van der Waals surface area (Å²) in [5.74, 6) is 0.515. The number of benzene rings is 1. The van der Waals surface area contributed by atoms with Gasteiger partial charge in [0.2, 0.25) is 0 Å². The lowest BCUT2D eigenvalue weighted by Gasteiger charge is -2.21. The lowest BCUT2D eigenvalue weighted by atomic mass is 9.92. The van der Waals surface area contributed by atoms with Gasteiger partial charge in [-0.3, -0.25) is 0 Å². The first-order chi connectivity index (χ1) is 7.74. The second kappa shape index (κ2) is 5.05. The van der Waals surface area contributed by atoms with Crippen LogP contribution in [-0.2, 0) is 6.42 Å². The zero-order chi connectivity index (χ0) is 13.2. The fraction of sp³-hybridized carbons (Fsp3) is 0.571. The highest BCUT2D eigenvalue weighted by molar-refractivity contribution is 5.40. The van der Waals surface area contributed by atoms with Gasteiger partial charge in [-0.05, 0) is 43.4 Å². The molecule has 0 radical (unpaired) electrons. The first-order valence-corrected chi connectivity index (χ1v) is 5.90. The summed E-state index contributed by atoms with van der Waals surface area (Å²) < 4.78 is 19.0. The van der Waals surface area contributed by atoms with Gasteiger partial charge in [0.25, 0.3) is 0 Å². The molecule has 2 N–H and O–H groups in total. The van der Waals surface area contributed by atoms with Crippen molar-refractivity contribution in [2.24, 2.45) is 5.73 Å². The molecule has 0 aromatic heterocycles. The minimum Gasteiger partial charge on any atom is -0.496 e. The molecule has 0 fully saturated rings. The smallest absolute Gasteiger partial charge is 0.130 e. The molecule has 0 bridgehead atoms. The van der Waals surface area contributed by atoms with Crippen LogP contribution in [0.5, 0.6) is 5.75 Å². The summed E-state index contributed by atoms with van der Waals surface area (Å²) in [4.78, 5) is 0. The minimum atomic E-state index is -0.334. The number of ether oxygens (including phenoxy) is 1. The third-order valence-electron chi connectivity index (χ3n) is 2.67. The normalized spacial score (nSPS) is 12.0. The van der Waals surface area contributed by atoms with E-state index in [4.69, 9.17) is 10.5 Å². The second-order valence-corrected chi connectivity index (χ2v) is 5.51. The van der Waals surface area contributed by atoms with Gasteiger partial charge in [0.15, 0.2) is 0 Å². The molecule has 0 aliphatic carbocycles. The van der Waals surface area contributed by atoms with E-state index in [1.54, 1.807) is 7.11 Å². The third kappa shape index (κ3) is 3.70. The number of hydrogen-bond acceptors (Lipinski definition) is 2. The summed E-state index contributed by atoms with van der Waals surface area (Å²) in [5, 5.41) is 0. The molecule has 2 nitrogen and oxygen atoms in total. The molecule has 1 aromatic rings. The predicted octanol–water partition coefficient (Wildman–Crippen LogP) is 3.24. The summed E-state index contributed by atoms with van der Waals surface area (Å²) in [6.07, 6.45) is 0.663. The van der Waals surface area contributed by atoms with Gasteiger partial charge in [0.1, 0.15) is 11.6 Å². The van der Waals surface area contributed by atoms with Crippen LogP contribution in [0.3, 0.4) is 0 Å². The molecule has 0 saturated heterocycles. The monoisotopic (exact) mass is 239 g/mol. The molecule has 0 aliphatic rings. The predicted molar refractivity (Wildman–Crippen MR) is 69.0 cm³/mol. The van der Waals surface area contributed by atoms with Crippen LogP contribution in [0.25, 0.3) is 0 Å². The zero-order valence-electron chi connectivity index (χ0n) is 11.3. The molecule has 96 valence electrons. The Morgan fingerprint density at radius 2 is 1.94 bits per heavy atom. The molecule has 0 atom stereocenters. The maximum Gasteiger partial charge on any atom is 0.130 e. The largest absolute Gasteiger partial charge is 0.496 e. The average Bonchev–Trinajstić information content (AvgIpc) is 2.17. The molecular formula is C14H22FNO. The standard InChI is InChI=1S/C14H22FNO/c1-9(2)11-6-10(8-14(3,4)16)13(17-5)7-12(11)15/h6-7,9H,8,16H2,1-5H3. The summed E-state index contributed by atoms with van der Waals surface area (Å²) in [7, 11) is 1.55. The van der Waals surface area contributed by atoms with Gasteiger partial charge < -0.3 is 10.5 Å². The number of hydrogen-bond donors (Lipinski definition) is 1. The van der Waals surface area contributed by atoms with Crippen molar-refractivity contribution in [3.8, 4) is 5.75 Å². The molecular weight excluding hydrogens is 217 g/mol. The Labute approximate surface area is 103 Å². The molecule has 0 heterocycles. The fourth-order valence-electron chi connectivity index (χ4n) is 1.88. The summed E-state index contributed by atoms with van der Waals surface area (Å²) in [6, 6.07) is 3.32. The Morgan fingerprint density at radius 1 is 1.35 bits per heavy atom. The number of rotatable bonds is 4. The highest BCUT2D eigenvalue weighted by Crippen LogP contribution is 2.29. The van der Waals surface area contributed by atoms with Crippen LogP contribution in [-0.4, -0.2) is 12.6 Å². The highest BCUT2D eigenvalue weighted by Gasteiger charge is 2.18. The van der Waals surface area contributed by atoms with Crippen LogP contribution in [0.1, 0.15) is 44.7 Å². The van der Waals surface area contributed by atoms with E-state index in [-0.39, 0.29) is 17.3 Å². The van der Waals surface area contributed by atoms with Gasteiger partial charge in [-0.2, -0.15) is 0 Å². The van der Waals surface area contributed by atoms with Crippen molar-refractivity contribution in [2.75, 3.05) is 7.11 Å². The van der Waals surface area contributed by atoms with Gasteiger partial charge in [-0.15, -0.1) is 0 Å². The van der Waals surface area contributed by atoms with Crippen molar-refractivity contribution in [3.63, 3.8) is 0 Å². The van der Waals surface area contributed by atoms with Crippen molar-refractivity contribution >= 4 is 0 Å². The van der Waals surface area contributed by atoms with E-state index in [0.29, 0.717) is 17.7 Å². The first kappa shape index (κ1) is 14.0. The Hall–Kier alpha value is -1.09. The van der Waals surface area contributed by atoms with E-state index >= 15 is 0 Å². The van der Waals surface area contributed by atoms with Crippen LogP contribution in [0.15, 0.2) is 12.1 Å². The maximum absolute atomic E-state index is 13.8. The molecule has 0 unspecified atom stereocenters. The molecule has 3 heteroatoms. The number of nitrogens with two attached hydrogens (primary N) is 1. The molecule has 0 aliphatic heterocycles. The fourth-order valence-corrected chi connectivity index (χ4v) is 1.88. The Bertz CT molecular complexity index is 394. The Morgan fingerprint density at radius 3 is 2.35 bits per heavy atom. The van der Waals surface area contributed by atoms with Crippen LogP contribution >= 0.6 is 0 Å². The lowest BCUT2D eigenvalue weighted by Crippen LogP contribution is -2.34. The zero-order valence-corrected chi connectivity index (χ0v) is 11.3. The molecule has 1 rings (SSSR count). The van der Waals surface area contributed by atoms with Crippen molar-refractivity contribution in [1.82, 2.24) is 0 Å². The molecule has 17 heavy (non-hydrogen) atoms. The quantitative estimate of drug-likeness (QED) is 0.875. The molecule has 0 spiro atoms. The van der Waals surface area contributed by atoms with E-state index < -0.39 is 0 Å². The molecule has 1 aromatic carbocycles. The first-order valence-electron chi connectivity index (χ1n) is 5.90. The number of methoxy groups -OCH3 is 1. The van der Waals surface area contributed by atoms with E-state index in [9.17, 15) is 4.39 Å². The topological polar surface area (TPSA) is 35.2 Å². The third-order valence-corrected chi connectivity index (χ3v) is 2.67. The lowest BCUT2D eigenvalue weighted by molar-refractivity contribution is 0.397. The summed E-state index contributed by atoms with van der Waals surface area (Å²) in [6.45, 7) is 7.85.